The Morgan fingerprint density at radius 2 is 2.00 bits per heavy atom. The lowest BCUT2D eigenvalue weighted by Gasteiger charge is -2.31. The van der Waals surface area contributed by atoms with Crippen LogP contribution in [0, 0.1) is 0 Å². The number of anilines is 1. The molecule has 1 heterocycles. The van der Waals surface area contributed by atoms with Crippen LogP contribution in [0.2, 0.25) is 0 Å². The fraction of sp³-hybridized carbons (Fsp3) is 0.529. The van der Waals surface area contributed by atoms with Crippen molar-refractivity contribution in [3.63, 3.8) is 0 Å². The Hall–Kier alpha value is -1.64. The van der Waals surface area contributed by atoms with Gasteiger partial charge in [0.25, 0.3) is 0 Å². The first-order chi connectivity index (χ1) is 9.56. The van der Waals surface area contributed by atoms with Crippen molar-refractivity contribution >= 4 is 17.3 Å². The maximum atomic E-state index is 11.2. The quantitative estimate of drug-likeness (QED) is 0.799. The zero-order valence-corrected chi connectivity index (χ0v) is 12.4. The van der Waals surface area contributed by atoms with Crippen LogP contribution in [0.1, 0.15) is 44.2 Å². The number of carbonyl (C=O) groups is 2. The number of benzene rings is 1. The minimum Gasteiger partial charge on any atom is -0.371 e. The third kappa shape index (κ3) is 3.92. The Kier molecular flexibility index (Phi) is 4.94. The van der Waals surface area contributed by atoms with Gasteiger partial charge in [0, 0.05) is 31.6 Å². The van der Waals surface area contributed by atoms with Crippen LogP contribution >= 0.6 is 0 Å². The summed E-state index contributed by atoms with van der Waals surface area (Å²) in [5.74, 6) is 0.470. The normalized spacial score (nSPS) is 14.0. The zero-order valence-electron chi connectivity index (χ0n) is 12.4. The van der Waals surface area contributed by atoms with Crippen molar-refractivity contribution in [1.82, 2.24) is 0 Å². The average molecular weight is 273 g/mol. The molecule has 1 aromatic carbocycles. The molecule has 3 heteroatoms. The van der Waals surface area contributed by atoms with Crippen molar-refractivity contribution < 1.29 is 9.59 Å². The number of aryl methyl sites for hydroxylation is 1. The van der Waals surface area contributed by atoms with E-state index in [1.165, 1.54) is 11.3 Å². The first kappa shape index (κ1) is 14.8. The highest BCUT2D eigenvalue weighted by Gasteiger charge is 2.17. The molecule has 0 fully saturated rings. The van der Waals surface area contributed by atoms with Crippen LogP contribution in [-0.4, -0.2) is 24.7 Å². The van der Waals surface area contributed by atoms with E-state index in [4.69, 9.17) is 0 Å². The molecule has 0 bridgehead atoms. The number of carbonyl (C=O) groups excluding carboxylic acids is 2. The number of hydrogen-bond donors (Lipinski definition) is 0. The Morgan fingerprint density at radius 1 is 1.20 bits per heavy atom. The van der Waals surface area contributed by atoms with Crippen molar-refractivity contribution in [2.75, 3.05) is 18.0 Å². The number of hydrogen-bond acceptors (Lipinski definition) is 3. The highest BCUT2D eigenvalue weighted by molar-refractivity contribution is 5.78. The smallest absolute Gasteiger partial charge is 0.134 e. The van der Waals surface area contributed by atoms with E-state index >= 15 is 0 Å². The van der Waals surface area contributed by atoms with Gasteiger partial charge < -0.3 is 9.69 Å². The highest BCUT2D eigenvalue weighted by Crippen LogP contribution is 2.28. The van der Waals surface area contributed by atoms with Gasteiger partial charge >= 0.3 is 0 Å². The monoisotopic (exact) mass is 273 g/mol. The van der Waals surface area contributed by atoms with Gasteiger partial charge in [0.1, 0.15) is 11.6 Å². The molecular weight excluding hydrogens is 250 g/mol. The van der Waals surface area contributed by atoms with Gasteiger partial charge in [-0.15, -0.1) is 0 Å². The molecule has 0 spiro atoms. The summed E-state index contributed by atoms with van der Waals surface area (Å²) in [5.41, 5.74) is 3.74. The molecular formula is C17H23NO2. The Morgan fingerprint density at radius 3 is 2.70 bits per heavy atom. The van der Waals surface area contributed by atoms with E-state index < -0.39 is 0 Å². The van der Waals surface area contributed by atoms with E-state index in [1.807, 2.05) is 0 Å². The predicted octanol–water partition coefficient (Wildman–Crippen LogP) is 2.94. The van der Waals surface area contributed by atoms with Gasteiger partial charge in [-0.3, -0.25) is 4.79 Å². The van der Waals surface area contributed by atoms with Gasteiger partial charge in [-0.2, -0.15) is 0 Å². The molecule has 0 N–H and O–H groups in total. The van der Waals surface area contributed by atoms with Crippen LogP contribution < -0.4 is 4.90 Å². The molecule has 0 unspecified atom stereocenters. The Balaban J connectivity index is 2.07. The highest BCUT2D eigenvalue weighted by atomic mass is 16.1. The summed E-state index contributed by atoms with van der Waals surface area (Å²) < 4.78 is 0. The van der Waals surface area contributed by atoms with Crippen LogP contribution in [0.15, 0.2) is 18.2 Å². The molecule has 0 aromatic heterocycles. The number of Topliss-reactive ketones (excluding diaryl/α,β-unsaturated/α-hetero) is 2. The third-order valence-electron chi connectivity index (χ3n) is 3.77. The van der Waals surface area contributed by atoms with E-state index in [0.717, 1.165) is 37.9 Å². The second-order valence-corrected chi connectivity index (χ2v) is 5.74. The largest absolute Gasteiger partial charge is 0.371 e. The van der Waals surface area contributed by atoms with E-state index in [-0.39, 0.29) is 11.6 Å². The first-order valence-electron chi connectivity index (χ1n) is 7.42. The minimum atomic E-state index is 0.207. The van der Waals surface area contributed by atoms with Crippen molar-refractivity contribution in [2.45, 2.75) is 46.0 Å². The van der Waals surface area contributed by atoms with Gasteiger partial charge in [-0.05, 0) is 50.3 Å². The first-order valence-corrected chi connectivity index (χ1v) is 7.42. The van der Waals surface area contributed by atoms with Crippen LogP contribution in [0.5, 0.6) is 0 Å². The maximum absolute atomic E-state index is 11.2. The van der Waals surface area contributed by atoms with Gasteiger partial charge in [0.15, 0.2) is 0 Å². The number of nitrogens with zero attached hydrogens (tertiary/aromatic N) is 1. The summed E-state index contributed by atoms with van der Waals surface area (Å²) in [4.78, 5) is 24.6. The maximum Gasteiger partial charge on any atom is 0.134 e. The molecule has 0 atom stereocenters. The molecule has 1 aromatic rings. The molecule has 108 valence electrons. The SMILES string of the molecule is CC(=O)CCCN1CCCc2cc(CC(C)=O)ccc21. The molecule has 1 aliphatic heterocycles. The third-order valence-corrected chi connectivity index (χ3v) is 3.77. The number of rotatable bonds is 6. The Labute approximate surface area is 121 Å². The summed E-state index contributed by atoms with van der Waals surface area (Å²) in [7, 11) is 0. The van der Waals surface area contributed by atoms with Crippen molar-refractivity contribution in [3.05, 3.63) is 29.3 Å². The second kappa shape index (κ2) is 6.69. The topological polar surface area (TPSA) is 37.4 Å². The molecule has 3 nitrogen and oxygen atoms in total. The molecule has 2 rings (SSSR count). The summed E-state index contributed by atoms with van der Waals surface area (Å²) in [6.07, 6.45) is 4.34. The van der Waals surface area contributed by atoms with E-state index in [0.29, 0.717) is 12.8 Å². The van der Waals surface area contributed by atoms with Gasteiger partial charge in [-0.25, -0.2) is 0 Å². The molecule has 0 saturated heterocycles. The van der Waals surface area contributed by atoms with Crippen LogP contribution in [0.4, 0.5) is 5.69 Å². The molecule has 0 radical (unpaired) electrons. The minimum absolute atomic E-state index is 0.207. The lowest BCUT2D eigenvalue weighted by Crippen LogP contribution is -2.30. The molecule has 0 saturated carbocycles. The fourth-order valence-electron chi connectivity index (χ4n) is 2.88. The van der Waals surface area contributed by atoms with Crippen molar-refractivity contribution in [1.29, 1.82) is 0 Å². The zero-order chi connectivity index (χ0) is 14.5. The molecule has 20 heavy (non-hydrogen) atoms. The lowest BCUT2D eigenvalue weighted by molar-refractivity contribution is -0.117. The van der Waals surface area contributed by atoms with E-state index in [2.05, 4.69) is 23.1 Å². The molecule has 0 amide bonds. The fourth-order valence-corrected chi connectivity index (χ4v) is 2.88. The summed E-state index contributed by atoms with van der Waals surface area (Å²) >= 11 is 0. The Bertz CT molecular complexity index is 508. The van der Waals surface area contributed by atoms with Crippen molar-refractivity contribution in [2.24, 2.45) is 0 Å². The summed E-state index contributed by atoms with van der Waals surface area (Å²) in [5, 5.41) is 0. The van der Waals surface area contributed by atoms with Gasteiger partial charge in [-0.1, -0.05) is 12.1 Å². The number of fused-ring (bicyclic) bond motifs is 1. The molecule has 0 aliphatic carbocycles. The number of ketones is 2. The van der Waals surface area contributed by atoms with Crippen LogP contribution in [0.3, 0.4) is 0 Å². The van der Waals surface area contributed by atoms with Crippen LogP contribution in [0.25, 0.3) is 0 Å². The molecule has 1 aliphatic rings. The summed E-state index contributed by atoms with van der Waals surface area (Å²) in [6.45, 7) is 5.29. The predicted molar refractivity (Wildman–Crippen MR) is 81.3 cm³/mol. The van der Waals surface area contributed by atoms with E-state index in [9.17, 15) is 9.59 Å². The second-order valence-electron chi connectivity index (χ2n) is 5.74. The van der Waals surface area contributed by atoms with E-state index in [1.54, 1.807) is 13.8 Å². The van der Waals surface area contributed by atoms with Crippen molar-refractivity contribution in [3.8, 4) is 0 Å². The average Bonchev–Trinajstić information content (AvgIpc) is 2.37. The standard InChI is InChI=1S/C17H23NO2/c1-13(19)5-3-9-18-10-4-6-16-12-15(11-14(2)20)7-8-17(16)18/h7-8,12H,3-6,9-11H2,1-2H3. The van der Waals surface area contributed by atoms with Crippen LogP contribution in [-0.2, 0) is 22.4 Å². The van der Waals surface area contributed by atoms with Gasteiger partial charge in [0.05, 0.1) is 0 Å². The van der Waals surface area contributed by atoms with Gasteiger partial charge in [0.2, 0.25) is 0 Å². The lowest BCUT2D eigenvalue weighted by atomic mass is 9.97. The summed E-state index contributed by atoms with van der Waals surface area (Å²) in [6, 6.07) is 6.37.